The minimum atomic E-state index is -4.70. The fourth-order valence-electron chi connectivity index (χ4n) is 2.88. The van der Waals surface area contributed by atoms with E-state index < -0.39 is 25.2 Å². The number of anilines is 2. The number of fused-ring (bicyclic) bond motifs is 1. The second kappa shape index (κ2) is 8.62. The lowest BCUT2D eigenvalue weighted by molar-refractivity contribution is -0.216. The van der Waals surface area contributed by atoms with E-state index in [9.17, 15) is 18.0 Å². The maximum atomic E-state index is 13.5. The van der Waals surface area contributed by atoms with E-state index in [0.717, 1.165) is 24.8 Å². The molecule has 30 heavy (non-hydrogen) atoms. The number of nitrogens with zero attached hydrogens (tertiary/aromatic N) is 2. The number of ether oxygens (including phenoxy) is 2. The molecule has 0 spiro atoms. The topological polar surface area (TPSA) is 85.4 Å². The number of rotatable bonds is 6. The zero-order valence-electron chi connectivity index (χ0n) is 18.4. The smallest absolute Gasteiger partial charge is 0.418 e. The number of carbonyl (C=O) groups excluding carboxylic acids is 1. The number of aromatic nitrogens is 2. The van der Waals surface area contributed by atoms with Crippen molar-refractivity contribution in [2.45, 2.75) is 12.3 Å². The van der Waals surface area contributed by atoms with Crippen molar-refractivity contribution < 1.29 is 31.6 Å². The number of methoxy groups -OCH3 is 2. The lowest BCUT2D eigenvalue weighted by Crippen LogP contribution is -2.23. The van der Waals surface area contributed by atoms with Gasteiger partial charge in [0.05, 0.1) is 28.4 Å². The van der Waals surface area contributed by atoms with Crippen LogP contribution in [0.25, 0.3) is 10.1 Å². The van der Waals surface area contributed by atoms with Crippen LogP contribution in [0.4, 0.5) is 24.7 Å². The molecule has 0 radical (unpaired) electrons. The lowest BCUT2D eigenvalue weighted by atomic mass is 10.0. The molecular weight excluding hydrogens is 445 g/mol. The number of benzene rings is 1. The van der Waals surface area contributed by atoms with Crippen molar-refractivity contribution in [1.29, 1.82) is 0 Å². The quantitative estimate of drug-likeness (QED) is 0.515. The van der Waals surface area contributed by atoms with E-state index >= 15 is 0 Å². The molecule has 0 aliphatic heterocycles. The number of nitrogens with one attached hydrogen (secondary N) is 2. The predicted molar refractivity (Wildman–Crippen MR) is 108 cm³/mol. The molecule has 2 aromatic heterocycles. The van der Waals surface area contributed by atoms with Crippen LogP contribution < -0.4 is 15.4 Å². The first-order chi connectivity index (χ1) is 15.4. The standard InChI is InChI=1S/C18H16ClF3N4O3S/c1-23-17(27)9-7-24-12(19)6-10(9)25-16-13-11(30-26-16)5-4-8(14(13)28-2)15(29-3)18(20,21)22/h4-7,15H,1-3H3,(H,23,27)(H,24,25,26)/i1D3. The Hall–Kier alpha value is -2.63. The summed E-state index contributed by atoms with van der Waals surface area (Å²) < 4.78 is 76.8. The van der Waals surface area contributed by atoms with Crippen LogP contribution >= 0.6 is 23.1 Å². The third-order valence-corrected chi connectivity index (χ3v) is 5.14. The number of hydrogen-bond acceptors (Lipinski definition) is 7. The van der Waals surface area contributed by atoms with Gasteiger partial charge in [0.25, 0.3) is 5.91 Å². The van der Waals surface area contributed by atoms with Gasteiger partial charge in [-0.15, -0.1) is 0 Å². The monoisotopic (exact) mass is 463 g/mol. The van der Waals surface area contributed by atoms with Gasteiger partial charge in [-0.2, -0.15) is 17.5 Å². The van der Waals surface area contributed by atoms with Crippen molar-refractivity contribution in [3.8, 4) is 5.75 Å². The highest BCUT2D eigenvalue weighted by Gasteiger charge is 2.43. The Balaban J connectivity index is 2.13. The molecule has 160 valence electrons. The molecule has 2 heterocycles. The van der Waals surface area contributed by atoms with Crippen molar-refractivity contribution in [2.75, 3.05) is 26.5 Å². The summed E-state index contributed by atoms with van der Waals surface area (Å²) in [6.07, 6.45) is -5.89. The minimum absolute atomic E-state index is 0.0216. The van der Waals surface area contributed by atoms with Crippen LogP contribution in [0, 0.1) is 0 Å². The third kappa shape index (κ3) is 4.13. The van der Waals surface area contributed by atoms with Gasteiger partial charge in [-0.1, -0.05) is 17.7 Å². The van der Waals surface area contributed by atoms with Crippen molar-refractivity contribution >= 4 is 50.6 Å². The van der Waals surface area contributed by atoms with Crippen LogP contribution in [0.2, 0.25) is 5.15 Å². The van der Waals surface area contributed by atoms with E-state index in [1.54, 1.807) is 0 Å². The molecule has 3 rings (SSSR count). The zero-order chi connectivity index (χ0) is 24.6. The van der Waals surface area contributed by atoms with Gasteiger partial charge in [0.2, 0.25) is 0 Å². The summed E-state index contributed by atoms with van der Waals surface area (Å²) >= 11 is 6.90. The Kier molecular flexibility index (Phi) is 5.22. The molecule has 0 aliphatic carbocycles. The van der Waals surface area contributed by atoms with Crippen LogP contribution in [0.5, 0.6) is 5.75 Å². The number of hydrogen-bond donors (Lipinski definition) is 2. The van der Waals surface area contributed by atoms with Gasteiger partial charge in [-0.25, -0.2) is 4.98 Å². The summed E-state index contributed by atoms with van der Waals surface area (Å²) in [5.41, 5.74) is -0.399. The number of alkyl halides is 3. The van der Waals surface area contributed by atoms with E-state index in [0.29, 0.717) is 4.70 Å². The molecule has 0 saturated heterocycles. The van der Waals surface area contributed by atoms with E-state index in [4.69, 9.17) is 20.5 Å². The molecule has 1 atom stereocenters. The largest absolute Gasteiger partial charge is 0.496 e. The molecule has 1 aromatic carbocycles. The van der Waals surface area contributed by atoms with Crippen LogP contribution in [0.15, 0.2) is 24.4 Å². The van der Waals surface area contributed by atoms with E-state index in [-0.39, 0.29) is 38.9 Å². The van der Waals surface area contributed by atoms with Gasteiger partial charge in [0, 0.05) is 30.0 Å². The van der Waals surface area contributed by atoms with Crippen LogP contribution in [0.3, 0.4) is 0 Å². The lowest BCUT2D eigenvalue weighted by Gasteiger charge is -2.21. The summed E-state index contributed by atoms with van der Waals surface area (Å²) in [6.45, 7) is -2.76. The Morgan fingerprint density at radius 3 is 2.77 bits per heavy atom. The minimum Gasteiger partial charge on any atom is -0.496 e. The molecule has 1 amide bonds. The first-order valence-corrected chi connectivity index (χ1v) is 9.31. The van der Waals surface area contributed by atoms with Crippen LogP contribution in [-0.2, 0) is 4.74 Å². The van der Waals surface area contributed by atoms with Gasteiger partial charge < -0.3 is 20.1 Å². The average molecular weight is 464 g/mol. The second-order valence-corrected chi connectivity index (χ2v) is 7.07. The van der Waals surface area contributed by atoms with Gasteiger partial charge in [0.1, 0.15) is 10.9 Å². The summed E-state index contributed by atoms with van der Waals surface area (Å²) in [5.74, 6) is -1.03. The normalized spacial score (nSPS) is 14.5. The molecule has 7 nitrogen and oxygen atoms in total. The highest BCUT2D eigenvalue weighted by molar-refractivity contribution is 7.13. The van der Waals surface area contributed by atoms with E-state index in [2.05, 4.69) is 19.4 Å². The maximum absolute atomic E-state index is 13.5. The third-order valence-electron chi connectivity index (χ3n) is 4.12. The second-order valence-electron chi connectivity index (χ2n) is 5.88. The molecule has 0 saturated carbocycles. The Bertz CT molecular complexity index is 1190. The summed E-state index contributed by atoms with van der Waals surface area (Å²) in [5, 5.41) is 4.85. The van der Waals surface area contributed by atoms with Gasteiger partial charge in [0.15, 0.2) is 11.9 Å². The molecule has 0 aliphatic rings. The molecule has 2 N–H and O–H groups in total. The highest BCUT2D eigenvalue weighted by atomic mass is 35.5. The number of carbonyl (C=O) groups is 1. The summed E-state index contributed by atoms with van der Waals surface area (Å²) in [7, 11) is 2.14. The summed E-state index contributed by atoms with van der Waals surface area (Å²) in [4.78, 5) is 16.2. The van der Waals surface area contributed by atoms with Crippen molar-refractivity contribution in [3.63, 3.8) is 0 Å². The van der Waals surface area contributed by atoms with Gasteiger partial charge in [-0.3, -0.25) is 4.79 Å². The number of amides is 1. The van der Waals surface area contributed by atoms with E-state index in [1.807, 2.05) is 5.32 Å². The summed E-state index contributed by atoms with van der Waals surface area (Å²) in [6, 6.07) is 3.93. The average Bonchev–Trinajstić information content (AvgIpc) is 3.09. The zero-order valence-corrected chi connectivity index (χ0v) is 17.0. The van der Waals surface area contributed by atoms with Gasteiger partial charge >= 0.3 is 6.18 Å². The van der Waals surface area contributed by atoms with Crippen molar-refractivity contribution in [3.05, 3.63) is 40.7 Å². The first-order valence-electron chi connectivity index (χ1n) is 9.66. The maximum Gasteiger partial charge on any atom is 0.418 e. The molecular formula is C18H16ClF3N4O3S. The molecule has 1 unspecified atom stereocenters. The van der Waals surface area contributed by atoms with Crippen molar-refractivity contribution in [2.24, 2.45) is 0 Å². The predicted octanol–water partition coefficient (Wildman–Crippen LogP) is 4.71. The fraction of sp³-hybridized carbons (Fsp3) is 0.278. The SMILES string of the molecule is [2H]C([2H])([2H])NC(=O)c1cnc(Cl)cc1Nc1nsc2ccc(C(OC)C(F)(F)F)c(OC)c12. The number of pyridine rings is 1. The van der Waals surface area contributed by atoms with Crippen LogP contribution in [0.1, 0.15) is 26.1 Å². The van der Waals surface area contributed by atoms with Gasteiger partial charge in [-0.05, 0) is 23.7 Å². The molecule has 0 fully saturated rings. The Labute approximate surface area is 182 Å². The molecule has 3 aromatic rings. The van der Waals surface area contributed by atoms with E-state index in [1.165, 1.54) is 25.3 Å². The molecule has 12 heteroatoms. The molecule has 0 bridgehead atoms. The van der Waals surface area contributed by atoms with Crippen LogP contribution in [-0.4, -0.2) is 42.6 Å². The first kappa shape index (κ1) is 18.2. The fourth-order valence-corrected chi connectivity index (χ4v) is 3.77. The Morgan fingerprint density at radius 1 is 1.37 bits per heavy atom. The highest BCUT2D eigenvalue weighted by Crippen LogP contribution is 2.45. The van der Waals surface area contributed by atoms with Crippen molar-refractivity contribution in [1.82, 2.24) is 14.7 Å². The number of halogens is 4. The Morgan fingerprint density at radius 2 is 2.13 bits per heavy atom.